The van der Waals surface area contributed by atoms with Crippen LogP contribution in [0.1, 0.15) is 5.56 Å². The summed E-state index contributed by atoms with van der Waals surface area (Å²) in [6.07, 6.45) is 7.89. The predicted molar refractivity (Wildman–Crippen MR) is 105 cm³/mol. The SMILES string of the molecule is Nc1ncc(-c2nc(N3CCOCC3)nc3c2CCN3c2ccncc2)cn1. The van der Waals surface area contributed by atoms with Crippen LogP contribution in [0, 0.1) is 0 Å². The van der Waals surface area contributed by atoms with Gasteiger partial charge in [-0.1, -0.05) is 0 Å². The highest BCUT2D eigenvalue weighted by molar-refractivity contribution is 5.76. The lowest BCUT2D eigenvalue weighted by atomic mass is 10.1. The molecule has 0 radical (unpaired) electrons. The molecule has 5 heterocycles. The Hall–Kier alpha value is -3.33. The molecule has 28 heavy (non-hydrogen) atoms. The molecule has 0 unspecified atom stereocenters. The van der Waals surface area contributed by atoms with Crippen LogP contribution in [0.25, 0.3) is 11.3 Å². The molecule has 1 fully saturated rings. The zero-order valence-electron chi connectivity index (χ0n) is 15.3. The fourth-order valence-electron chi connectivity index (χ4n) is 3.62. The van der Waals surface area contributed by atoms with Crippen LogP contribution in [0.15, 0.2) is 36.9 Å². The highest BCUT2D eigenvalue weighted by Crippen LogP contribution is 2.38. The van der Waals surface area contributed by atoms with Crippen molar-refractivity contribution in [3.05, 3.63) is 42.5 Å². The van der Waals surface area contributed by atoms with Gasteiger partial charge in [0, 0.05) is 61.2 Å². The summed E-state index contributed by atoms with van der Waals surface area (Å²) in [5.41, 5.74) is 9.55. The van der Waals surface area contributed by atoms with E-state index in [2.05, 4.69) is 24.8 Å². The van der Waals surface area contributed by atoms with Gasteiger partial charge < -0.3 is 20.3 Å². The largest absolute Gasteiger partial charge is 0.378 e. The zero-order chi connectivity index (χ0) is 18.9. The van der Waals surface area contributed by atoms with Gasteiger partial charge in [0.2, 0.25) is 11.9 Å². The van der Waals surface area contributed by atoms with Crippen molar-refractivity contribution in [1.29, 1.82) is 0 Å². The maximum atomic E-state index is 5.67. The fraction of sp³-hybridized carbons (Fsp3) is 0.316. The fourth-order valence-corrected chi connectivity index (χ4v) is 3.62. The van der Waals surface area contributed by atoms with Gasteiger partial charge in [0.15, 0.2) is 0 Å². The lowest BCUT2D eigenvalue weighted by Gasteiger charge is -2.28. The molecule has 9 nitrogen and oxygen atoms in total. The Kier molecular flexibility index (Phi) is 4.21. The standard InChI is InChI=1S/C19H20N8O/c20-18-22-11-13(12-23-18)16-15-3-6-27(14-1-4-21-5-2-14)17(15)25-19(24-16)26-7-9-28-10-8-26/h1-2,4-5,11-12H,3,6-10H2,(H2,20,22,23). The molecule has 0 amide bonds. The van der Waals surface area contributed by atoms with Gasteiger partial charge in [-0.15, -0.1) is 0 Å². The number of morpholine rings is 1. The average molecular weight is 376 g/mol. The number of nitrogens with two attached hydrogens (primary N) is 1. The Morgan fingerprint density at radius 1 is 0.964 bits per heavy atom. The summed E-state index contributed by atoms with van der Waals surface area (Å²) in [7, 11) is 0. The molecule has 2 N–H and O–H groups in total. The van der Waals surface area contributed by atoms with Crippen molar-refractivity contribution in [3.63, 3.8) is 0 Å². The maximum Gasteiger partial charge on any atom is 0.228 e. The van der Waals surface area contributed by atoms with Crippen molar-refractivity contribution in [2.75, 3.05) is 48.4 Å². The summed E-state index contributed by atoms with van der Waals surface area (Å²) in [6, 6.07) is 4.00. The molecular formula is C19H20N8O. The third-order valence-electron chi connectivity index (χ3n) is 5.03. The third-order valence-corrected chi connectivity index (χ3v) is 5.03. The smallest absolute Gasteiger partial charge is 0.228 e. The first-order valence-electron chi connectivity index (χ1n) is 9.28. The molecule has 0 bridgehead atoms. The Bertz CT molecular complexity index is 973. The third kappa shape index (κ3) is 2.99. The van der Waals surface area contributed by atoms with E-state index in [1.54, 1.807) is 24.8 Å². The van der Waals surface area contributed by atoms with Gasteiger partial charge in [0.1, 0.15) is 5.82 Å². The number of hydrogen-bond acceptors (Lipinski definition) is 9. The quantitative estimate of drug-likeness (QED) is 0.726. The first-order valence-corrected chi connectivity index (χ1v) is 9.28. The molecule has 3 aromatic heterocycles. The summed E-state index contributed by atoms with van der Waals surface area (Å²) in [6.45, 7) is 3.73. The molecule has 2 aliphatic rings. The van der Waals surface area contributed by atoms with Crippen LogP contribution in [-0.2, 0) is 11.2 Å². The van der Waals surface area contributed by atoms with Crippen LogP contribution in [0.4, 0.5) is 23.4 Å². The molecule has 0 atom stereocenters. The first kappa shape index (κ1) is 16.8. The lowest BCUT2D eigenvalue weighted by molar-refractivity contribution is 0.122. The molecule has 9 heteroatoms. The molecule has 1 saturated heterocycles. The predicted octanol–water partition coefficient (Wildman–Crippen LogP) is 1.44. The van der Waals surface area contributed by atoms with E-state index in [0.717, 1.165) is 54.4 Å². The molecule has 0 aliphatic carbocycles. The second-order valence-corrected chi connectivity index (χ2v) is 6.71. The van der Waals surface area contributed by atoms with Gasteiger partial charge in [0.05, 0.1) is 18.9 Å². The number of fused-ring (bicyclic) bond motifs is 1. The first-order chi connectivity index (χ1) is 13.8. The highest BCUT2D eigenvalue weighted by Gasteiger charge is 2.29. The number of anilines is 4. The summed E-state index contributed by atoms with van der Waals surface area (Å²) in [4.78, 5) is 26.6. The number of pyridine rings is 1. The summed E-state index contributed by atoms with van der Waals surface area (Å²) >= 11 is 0. The molecule has 142 valence electrons. The molecular weight excluding hydrogens is 356 g/mol. The second-order valence-electron chi connectivity index (χ2n) is 6.71. The van der Waals surface area contributed by atoms with E-state index in [4.69, 9.17) is 20.4 Å². The van der Waals surface area contributed by atoms with Crippen LogP contribution >= 0.6 is 0 Å². The van der Waals surface area contributed by atoms with Crippen molar-refractivity contribution in [2.24, 2.45) is 0 Å². The summed E-state index contributed by atoms with van der Waals surface area (Å²) < 4.78 is 5.48. The maximum absolute atomic E-state index is 5.67. The van der Waals surface area contributed by atoms with Gasteiger partial charge in [-0.3, -0.25) is 4.98 Å². The van der Waals surface area contributed by atoms with Crippen molar-refractivity contribution < 1.29 is 4.74 Å². The molecule has 0 saturated carbocycles. The number of nitrogen functional groups attached to an aromatic ring is 1. The minimum atomic E-state index is 0.251. The molecule has 3 aromatic rings. The second kappa shape index (κ2) is 7.01. The number of ether oxygens (including phenoxy) is 1. The Morgan fingerprint density at radius 2 is 1.71 bits per heavy atom. The Balaban J connectivity index is 1.64. The summed E-state index contributed by atoms with van der Waals surface area (Å²) in [5.74, 6) is 1.88. The van der Waals surface area contributed by atoms with Crippen molar-refractivity contribution >= 4 is 23.4 Å². The molecule has 2 aliphatic heterocycles. The zero-order valence-corrected chi connectivity index (χ0v) is 15.3. The minimum absolute atomic E-state index is 0.251. The van der Waals surface area contributed by atoms with E-state index in [0.29, 0.717) is 19.2 Å². The van der Waals surface area contributed by atoms with E-state index < -0.39 is 0 Å². The van der Waals surface area contributed by atoms with Gasteiger partial charge in [-0.05, 0) is 18.6 Å². The van der Waals surface area contributed by atoms with Gasteiger partial charge in [0.25, 0.3) is 0 Å². The normalized spacial score (nSPS) is 16.3. The van der Waals surface area contributed by atoms with Crippen LogP contribution in [0.5, 0.6) is 0 Å². The summed E-state index contributed by atoms with van der Waals surface area (Å²) in [5, 5.41) is 0. The highest BCUT2D eigenvalue weighted by atomic mass is 16.5. The van der Waals surface area contributed by atoms with Crippen LogP contribution in [-0.4, -0.2) is 57.8 Å². The Morgan fingerprint density at radius 3 is 2.46 bits per heavy atom. The van der Waals surface area contributed by atoms with Crippen LogP contribution < -0.4 is 15.5 Å². The Labute approximate surface area is 162 Å². The number of rotatable bonds is 3. The molecule has 0 spiro atoms. The van der Waals surface area contributed by atoms with Crippen LogP contribution in [0.2, 0.25) is 0 Å². The van der Waals surface area contributed by atoms with E-state index in [1.807, 2.05) is 12.1 Å². The van der Waals surface area contributed by atoms with E-state index >= 15 is 0 Å². The van der Waals surface area contributed by atoms with E-state index in [9.17, 15) is 0 Å². The van der Waals surface area contributed by atoms with Gasteiger partial charge in [-0.2, -0.15) is 4.98 Å². The molecule has 0 aromatic carbocycles. The van der Waals surface area contributed by atoms with Crippen molar-refractivity contribution in [2.45, 2.75) is 6.42 Å². The van der Waals surface area contributed by atoms with Gasteiger partial charge in [-0.25, -0.2) is 15.0 Å². The monoisotopic (exact) mass is 376 g/mol. The van der Waals surface area contributed by atoms with Crippen LogP contribution in [0.3, 0.4) is 0 Å². The van der Waals surface area contributed by atoms with Crippen molar-refractivity contribution in [3.8, 4) is 11.3 Å². The van der Waals surface area contributed by atoms with Gasteiger partial charge >= 0.3 is 0 Å². The minimum Gasteiger partial charge on any atom is -0.378 e. The topological polar surface area (TPSA) is 106 Å². The van der Waals surface area contributed by atoms with E-state index in [-0.39, 0.29) is 5.95 Å². The average Bonchev–Trinajstić information content (AvgIpc) is 3.19. The number of hydrogen-bond donors (Lipinski definition) is 1. The lowest BCUT2D eigenvalue weighted by Crippen LogP contribution is -2.37. The number of aromatic nitrogens is 5. The molecule has 5 rings (SSSR count). The van der Waals surface area contributed by atoms with Crippen molar-refractivity contribution in [1.82, 2.24) is 24.9 Å². The van der Waals surface area contributed by atoms with E-state index in [1.165, 1.54) is 0 Å². The number of nitrogens with zero attached hydrogens (tertiary/aromatic N) is 7.